The Kier molecular flexibility index (Phi) is 8.20. The number of pyridine rings is 1. The Morgan fingerprint density at radius 2 is 1.70 bits per heavy atom. The van der Waals surface area contributed by atoms with E-state index in [2.05, 4.69) is 10.1 Å². The van der Waals surface area contributed by atoms with Crippen molar-refractivity contribution >= 4 is 46.4 Å². The Morgan fingerprint density at radius 3 is 2.33 bits per heavy atom. The van der Waals surface area contributed by atoms with E-state index in [1.165, 1.54) is 11.3 Å². The Balaban J connectivity index is 1.66. The summed E-state index contributed by atoms with van der Waals surface area (Å²) in [5.74, 6) is 1.54. The molecule has 0 aliphatic rings. The Morgan fingerprint density at radius 1 is 0.975 bits per heavy atom. The molecule has 2 aromatic carbocycles. The van der Waals surface area contributed by atoms with Gasteiger partial charge in [0, 0.05) is 22.2 Å². The third kappa shape index (κ3) is 5.46. The predicted octanol–water partition coefficient (Wildman–Crippen LogP) is 6.55. The fourth-order valence-corrected chi connectivity index (χ4v) is 5.28. The highest BCUT2D eigenvalue weighted by atomic mass is 35.5. The summed E-state index contributed by atoms with van der Waals surface area (Å²) in [5, 5.41) is 12.4. The van der Waals surface area contributed by atoms with Crippen LogP contribution >= 0.6 is 34.5 Å². The molecule has 0 aliphatic heterocycles. The summed E-state index contributed by atoms with van der Waals surface area (Å²) in [7, 11) is 4.72. The van der Waals surface area contributed by atoms with Crippen LogP contribution in [0.25, 0.3) is 16.9 Å². The van der Waals surface area contributed by atoms with Gasteiger partial charge in [-0.2, -0.15) is 10.2 Å². The molecule has 3 heterocycles. The molecule has 5 aromatic rings. The van der Waals surface area contributed by atoms with Crippen molar-refractivity contribution < 1.29 is 14.2 Å². The van der Waals surface area contributed by atoms with Crippen LogP contribution in [0.5, 0.6) is 17.2 Å². The van der Waals surface area contributed by atoms with E-state index >= 15 is 0 Å². The molecule has 0 radical (unpaired) electrons. The summed E-state index contributed by atoms with van der Waals surface area (Å²) < 4.78 is 20.0. The molecule has 204 valence electrons. The van der Waals surface area contributed by atoms with Crippen molar-refractivity contribution in [3.8, 4) is 34.2 Å². The molecule has 0 fully saturated rings. The van der Waals surface area contributed by atoms with Crippen LogP contribution in [-0.4, -0.2) is 47.0 Å². The lowest BCUT2D eigenvalue weighted by Gasteiger charge is -2.14. The number of hydrogen-bond acceptors (Lipinski definition) is 8. The summed E-state index contributed by atoms with van der Waals surface area (Å²) in [4.78, 5) is 9.57. The lowest BCUT2D eigenvalue weighted by molar-refractivity contribution is 0.324. The van der Waals surface area contributed by atoms with Crippen molar-refractivity contribution in [1.82, 2.24) is 19.4 Å². The third-order valence-electron chi connectivity index (χ3n) is 5.94. The van der Waals surface area contributed by atoms with Gasteiger partial charge in [0.1, 0.15) is 5.15 Å². The lowest BCUT2D eigenvalue weighted by atomic mass is 10.1. The molecule has 0 spiro atoms. The van der Waals surface area contributed by atoms with E-state index in [1.54, 1.807) is 61.4 Å². The van der Waals surface area contributed by atoms with Gasteiger partial charge in [-0.05, 0) is 55.5 Å². The van der Waals surface area contributed by atoms with Crippen molar-refractivity contribution in [2.24, 2.45) is 10.1 Å². The number of methoxy groups -OCH3 is 3. The highest BCUT2D eigenvalue weighted by molar-refractivity contribution is 7.07. The van der Waals surface area contributed by atoms with Crippen LogP contribution in [0.2, 0.25) is 10.2 Å². The van der Waals surface area contributed by atoms with Crippen LogP contribution in [0.4, 0.5) is 5.69 Å². The van der Waals surface area contributed by atoms with E-state index in [1.807, 2.05) is 48.7 Å². The van der Waals surface area contributed by atoms with Gasteiger partial charge >= 0.3 is 0 Å². The summed E-state index contributed by atoms with van der Waals surface area (Å²) in [5.41, 5.74) is 4.38. The number of rotatable bonds is 8. The summed E-state index contributed by atoms with van der Waals surface area (Å²) in [6.45, 7) is 1.87. The number of ether oxygens (including phenoxy) is 3. The van der Waals surface area contributed by atoms with E-state index in [9.17, 15) is 0 Å². The van der Waals surface area contributed by atoms with Crippen LogP contribution < -0.4 is 19.0 Å². The van der Waals surface area contributed by atoms with Crippen LogP contribution in [0.1, 0.15) is 11.3 Å². The zero-order chi connectivity index (χ0) is 28.2. The summed E-state index contributed by atoms with van der Waals surface area (Å²) in [6, 6.07) is 14.7. The second-order valence-corrected chi connectivity index (χ2v) is 10.0. The number of aromatic nitrogens is 4. The van der Waals surface area contributed by atoms with Crippen LogP contribution in [0.15, 0.2) is 76.4 Å². The van der Waals surface area contributed by atoms with Crippen LogP contribution in [-0.2, 0) is 0 Å². The zero-order valence-corrected chi connectivity index (χ0v) is 24.3. The maximum Gasteiger partial charge on any atom is 0.211 e. The van der Waals surface area contributed by atoms with Gasteiger partial charge in [-0.15, -0.1) is 11.3 Å². The molecular weight excluding hydrogens is 571 g/mol. The average Bonchev–Trinajstić information content (AvgIpc) is 3.50. The lowest BCUT2D eigenvalue weighted by Crippen LogP contribution is -2.12. The first kappa shape index (κ1) is 27.4. The fourth-order valence-electron chi connectivity index (χ4n) is 3.97. The molecule has 0 N–H and O–H groups in total. The highest BCUT2D eigenvalue weighted by Gasteiger charge is 2.18. The summed E-state index contributed by atoms with van der Waals surface area (Å²) >= 11 is 14.3. The van der Waals surface area contributed by atoms with Gasteiger partial charge in [0.15, 0.2) is 11.5 Å². The van der Waals surface area contributed by atoms with Crippen molar-refractivity contribution in [3.63, 3.8) is 0 Å². The maximum absolute atomic E-state index is 6.77. The molecule has 0 atom stereocenters. The van der Waals surface area contributed by atoms with Gasteiger partial charge in [-0.1, -0.05) is 23.2 Å². The normalized spacial score (nSPS) is 11.8. The fraction of sp³-hybridized carbons (Fsp3) is 0.143. The Labute approximate surface area is 244 Å². The monoisotopic (exact) mass is 594 g/mol. The molecule has 9 nitrogen and oxygen atoms in total. The van der Waals surface area contributed by atoms with Crippen LogP contribution in [0, 0.1) is 6.92 Å². The number of thiazole rings is 1. The molecule has 0 unspecified atom stereocenters. The van der Waals surface area contributed by atoms with Crippen molar-refractivity contribution in [1.29, 1.82) is 0 Å². The number of nitrogens with zero attached hydrogens (tertiary/aromatic N) is 6. The minimum absolute atomic E-state index is 0.416. The number of benzene rings is 2. The zero-order valence-electron chi connectivity index (χ0n) is 22.0. The van der Waals surface area contributed by atoms with Crippen molar-refractivity contribution in [3.05, 3.63) is 92.5 Å². The SMILES string of the molecule is COc1cc(-c2csc(=Nc3cccnc3)n2N=Cc2c(C)nn(-c3ccc(Cl)cc3)c2Cl)cc(OC)c1OC. The molecule has 12 heteroatoms. The van der Waals surface area contributed by atoms with E-state index in [0.29, 0.717) is 49.2 Å². The molecular formula is C28H24Cl2N6O3S. The molecule has 0 bridgehead atoms. The first-order chi connectivity index (χ1) is 19.4. The minimum Gasteiger partial charge on any atom is -0.493 e. The average molecular weight is 596 g/mol. The highest BCUT2D eigenvalue weighted by Crippen LogP contribution is 2.41. The van der Waals surface area contributed by atoms with E-state index in [-0.39, 0.29) is 0 Å². The summed E-state index contributed by atoms with van der Waals surface area (Å²) in [6.07, 6.45) is 5.06. The van der Waals surface area contributed by atoms with E-state index in [0.717, 1.165) is 16.9 Å². The van der Waals surface area contributed by atoms with Gasteiger partial charge < -0.3 is 14.2 Å². The first-order valence-electron chi connectivity index (χ1n) is 11.9. The number of aryl methyl sites for hydroxylation is 1. The molecule has 40 heavy (non-hydrogen) atoms. The second-order valence-electron chi connectivity index (χ2n) is 8.38. The van der Waals surface area contributed by atoms with Gasteiger partial charge in [0.2, 0.25) is 10.6 Å². The van der Waals surface area contributed by atoms with E-state index in [4.69, 9.17) is 47.5 Å². The molecule has 5 rings (SSSR count). The molecule has 0 aliphatic carbocycles. The Bertz CT molecular complexity index is 1720. The molecule has 0 saturated heterocycles. The van der Waals surface area contributed by atoms with Crippen molar-refractivity contribution in [2.45, 2.75) is 6.92 Å². The molecule has 0 saturated carbocycles. The topological polar surface area (TPSA) is 88.1 Å². The number of hydrogen-bond donors (Lipinski definition) is 0. The van der Waals surface area contributed by atoms with Gasteiger partial charge in [-0.25, -0.2) is 14.4 Å². The number of halogens is 2. The minimum atomic E-state index is 0.416. The predicted molar refractivity (Wildman–Crippen MR) is 158 cm³/mol. The van der Waals surface area contributed by atoms with Gasteiger partial charge in [0.05, 0.1) is 62.1 Å². The quantitative estimate of drug-likeness (QED) is 0.190. The second kappa shape index (κ2) is 12.0. The van der Waals surface area contributed by atoms with Gasteiger partial charge in [-0.3, -0.25) is 4.98 Å². The standard InChI is InChI=1S/C28H24Cl2N6O3S/c1-17-22(27(30)35(34-17)21-9-7-19(29)8-10-21)15-32-36-23(16-40-28(36)33-20-6-5-11-31-14-20)18-12-24(37-2)26(39-4)25(13-18)38-3/h5-16H,1-4H3. The third-order valence-corrected chi connectivity index (χ3v) is 7.37. The first-order valence-corrected chi connectivity index (χ1v) is 13.6. The maximum atomic E-state index is 6.77. The molecule has 3 aromatic heterocycles. The largest absolute Gasteiger partial charge is 0.493 e. The smallest absolute Gasteiger partial charge is 0.211 e. The molecule has 0 amide bonds. The van der Waals surface area contributed by atoms with Gasteiger partial charge in [0.25, 0.3) is 0 Å². The Hall–Kier alpha value is -4.12. The van der Waals surface area contributed by atoms with E-state index < -0.39 is 0 Å². The van der Waals surface area contributed by atoms with Crippen LogP contribution in [0.3, 0.4) is 0 Å². The van der Waals surface area contributed by atoms with Crippen molar-refractivity contribution in [2.75, 3.05) is 21.3 Å².